The highest BCUT2D eigenvalue weighted by Crippen LogP contribution is 2.32. The number of hydrogen-bond donors (Lipinski definition) is 1. The van der Waals surface area contributed by atoms with Gasteiger partial charge < -0.3 is 10.2 Å². The lowest BCUT2D eigenvalue weighted by Crippen LogP contribution is -2.54. The monoisotopic (exact) mass is 623 g/mol. The van der Waals surface area contributed by atoms with E-state index in [9.17, 15) is 18.0 Å². The molecule has 0 aliphatic heterocycles. The molecular weight excluding hydrogens is 593 g/mol. The molecule has 0 radical (unpaired) electrons. The van der Waals surface area contributed by atoms with Gasteiger partial charge in [0.25, 0.3) is 10.0 Å². The van der Waals surface area contributed by atoms with Crippen molar-refractivity contribution >= 4 is 62.3 Å². The van der Waals surface area contributed by atoms with E-state index in [1.54, 1.807) is 68.4 Å². The molecule has 0 spiro atoms. The first-order valence-corrected chi connectivity index (χ1v) is 15.1. The number of benzene rings is 3. The van der Waals surface area contributed by atoms with Crippen molar-refractivity contribution in [1.29, 1.82) is 0 Å². The van der Waals surface area contributed by atoms with Crippen LogP contribution in [-0.2, 0) is 26.2 Å². The summed E-state index contributed by atoms with van der Waals surface area (Å²) in [5.41, 5.74) is 0.594. The Morgan fingerprint density at radius 2 is 1.43 bits per heavy atom. The van der Waals surface area contributed by atoms with Crippen LogP contribution in [0.4, 0.5) is 5.69 Å². The van der Waals surface area contributed by atoms with Gasteiger partial charge in [0.1, 0.15) is 12.6 Å². The molecule has 0 saturated heterocycles. The first-order valence-electron chi connectivity index (χ1n) is 12.5. The summed E-state index contributed by atoms with van der Waals surface area (Å²) in [5, 5.41) is 3.85. The highest BCUT2D eigenvalue weighted by Gasteiger charge is 2.34. The van der Waals surface area contributed by atoms with Crippen molar-refractivity contribution in [3.05, 3.63) is 92.9 Å². The number of amides is 2. The van der Waals surface area contributed by atoms with Gasteiger partial charge in [0.15, 0.2) is 0 Å². The first kappa shape index (κ1) is 31.7. The lowest BCUT2D eigenvalue weighted by molar-refractivity contribution is -0.140. The Balaban J connectivity index is 2.11. The summed E-state index contributed by atoms with van der Waals surface area (Å²) in [6.45, 7) is 8.00. The molecule has 0 saturated carbocycles. The maximum atomic E-state index is 14.1. The lowest BCUT2D eigenvalue weighted by atomic mass is 10.1. The zero-order valence-corrected chi connectivity index (χ0v) is 26.0. The Morgan fingerprint density at radius 3 is 2.00 bits per heavy atom. The fourth-order valence-electron chi connectivity index (χ4n) is 4.01. The molecule has 214 valence electrons. The molecule has 0 fully saturated rings. The van der Waals surface area contributed by atoms with Gasteiger partial charge in [0, 0.05) is 32.7 Å². The summed E-state index contributed by atoms with van der Waals surface area (Å²) < 4.78 is 28.8. The standard InChI is InChI=1S/C29H32Cl3N3O4S/c1-19-23(30)13-10-16-26(19)35(40(38,39)21-11-7-6-8-12-21)18-27(36)34(20(2)28(37)33-29(3,4)5)17-22-24(31)14-9-15-25(22)32/h6-16,20H,17-18H2,1-5H3,(H,33,37)/t20-/m0/s1. The van der Waals surface area contributed by atoms with Crippen LogP contribution in [-0.4, -0.2) is 43.3 Å². The van der Waals surface area contributed by atoms with Crippen molar-refractivity contribution in [3.63, 3.8) is 0 Å². The summed E-state index contributed by atoms with van der Waals surface area (Å²) in [7, 11) is -4.21. The van der Waals surface area contributed by atoms with Gasteiger partial charge in [-0.05, 0) is 76.6 Å². The Hall–Kier alpha value is -2.78. The summed E-state index contributed by atoms with van der Waals surface area (Å²) in [6.07, 6.45) is 0. The predicted molar refractivity (Wildman–Crippen MR) is 162 cm³/mol. The van der Waals surface area contributed by atoms with E-state index in [0.29, 0.717) is 26.2 Å². The molecule has 11 heteroatoms. The van der Waals surface area contributed by atoms with Crippen LogP contribution in [0.1, 0.15) is 38.8 Å². The Bertz CT molecular complexity index is 1470. The highest BCUT2D eigenvalue weighted by atomic mass is 35.5. The fourth-order valence-corrected chi connectivity index (χ4v) is 6.19. The molecule has 7 nitrogen and oxygen atoms in total. The molecule has 3 aromatic rings. The lowest BCUT2D eigenvalue weighted by Gasteiger charge is -2.34. The molecule has 0 bridgehead atoms. The van der Waals surface area contributed by atoms with E-state index in [4.69, 9.17) is 34.8 Å². The maximum absolute atomic E-state index is 14.1. The van der Waals surface area contributed by atoms with Gasteiger partial charge in [0.05, 0.1) is 10.6 Å². The molecule has 40 heavy (non-hydrogen) atoms. The first-order chi connectivity index (χ1) is 18.6. The molecule has 1 atom stereocenters. The van der Waals surface area contributed by atoms with Crippen LogP contribution in [0, 0.1) is 6.92 Å². The topological polar surface area (TPSA) is 86.8 Å². The van der Waals surface area contributed by atoms with Crippen molar-refractivity contribution in [3.8, 4) is 0 Å². The van der Waals surface area contributed by atoms with Crippen LogP contribution >= 0.6 is 34.8 Å². The second-order valence-electron chi connectivity index (χ2n) is 10.3. The highest BCUT2D eigenvalue weighted by molar-refractivity contribution is 7.92. The number of sulfonamides is 1. The van der Waals surface area contributed by atoms with E-state index in [0.717, 1.165) is 4.31 Å². The van der Waals surface area contributed by atoms with E-state index >= 15 is 0 Å². The van der Waals surface area contributed by atoms with E-state index in [1.165, 1.54) is 17.0 Å². The van der Waals surface area contributed by atoms with Gasteiger partial charge in [-0.2, -0.15) is 0 Å². The molecule has 2 amide bonds. The molecule has 0 unspecified atom stereocenters. The molecule has 0 aliphatic carbocycles. The second kappa shape index (κ2) is 12.8. The van der Waals surface area contributed by atoms with Gasteiger partial charge >= 0.3 is 0 Å². The van der Waals surface area contributed by atoms with E-state index in [2.05, 4.69) is 5.32 Å². The van der Waals surface area contributed by atoms with E-state index in [1.807, 2.05) is 20.8 Å². The normalized spacial score (nSPS) is 12.5. The average molecular weight is 625 g/mol. The molecule has 0 aliphatic rings. The number of nitrogens with zero attached hydrogens (tertiary/aromatic N) is 2. The van der Waals surface area contributed by atoms with Crippen LogP contribution in [0.15, 0.2) is 71.6 Å². The minimum Gasteiger partial charge on any atom is -0.350 e. The quantitative estimate of drug-likeness (QED) is 0.295. The van der Waals surface area contributed by atoms with Crippen LogP contribution in [0.2, 0.25) is 15.1 Å². The Morgan fingerprint density at radius 1 is 0.875 bits per heavy atom. The summed E-state index contributed by atoms with van der Waals surface area (Å²) in [6, 6.07) is 16.6. The Kier molecular flexibility index (Phi) is 10.2. The average Bonchev–Trinajstić information content (AvgIpc) is 2.88. The van der Waals surface area contributed by atoms with Gasteiger partial charge in [-0.15, -0.1) is 0 Å². The molecule has 3 rings (SSSR count). The molecular formula is C29H32Cl3N3O4S. The summed E-state index contributed by atoms with van der Waals surface area (Å²) in [5.74, 6) is -1.05. The van der Waals surface area contributed by atoms with Crippen LogP contribution in [0.3, 0.4) is 0 Å². The third-order valence-electron chi connectivity index (χ3n) is 6.17. The minimum atomic E-state index is -4.21. The molecule has 1 N–H and O–H groups in total. The number of anilines is 1. The molecule has 0 aromatic heterocycles. The van der Waals surface area contributed by atoms with Crippen LogP contribution < -0.4 is 9.62 Å². The smallest absolute Gasteiger partial charge is 0.264 e. The molecule has 3 aromatic carbocycles. The zero-order valence-electron chi connectivity index (χ0n) is 22.9. The van der Waals surface area contributed by atoms with E-state index in [-0.39, 0.29) is 17.1 Å². The van der Waals surface area contributed by atoms with Crippen molar-refractivity contribution in [2.75, 3.05) is 10.8 Å². The Labute approximate surface area is 251 Å². The maximum Gasteiger partial charge on any atom is 0.264 e. The SMILES string of the molecule is Cc1c(Cl)cccc1N(CC(=O)N(Cc1c(Cl)cccc1Cl)[C@@H](C)C(=O)NC(C)(C)C)S(=O)(=O)c1ccccc1. The van der Waals surface area contributed by atoms with Crippen molar-refractivity contribution < 1.29 is 18.0 Å². The fraction of sp³-hybridized carbons (Fsp3) is 0.310. The van der Waals surface area contributed by atoms with Crippen molar-refractivity contribution in [1.82, 2.24) is 10.2 Å². The van der Waals surface area contributed by atoms with Gasteiger partial charge in [-0.25, -0.2) is 8.42 Å². The summed E-state index contributed by atoms with van der Waals surface area (Å²) in [4.78, 5) is 28.6. The number of hydrogen-bond acceptors (Lipinski definition) is 4. The van der Waals surface area contributed by atoms with Gasteiger partial charge in [-0.3, -0.25) is 13.9 Å². The second-order valence-corrected chi connectivity index (χ2v) is 13.4. The third-order valence-corrected chi connectivity index (χ3v) is 9.07. The number of halogens is 3. The van der Waals surface area contributed by atoms with Crippen LogP contribution in [0.25, 0.3) is 0 Å². The van der Waals surface area contributed by atoms with Crippen LogP contribution in [0.5, 0.6) is 0 Å². The predicted octanol–water partition coefficient (Wildman–Crippen LogP) is 6.48. The number of rotatable bonds is 9. The largest absolute Gasteiger partial charge is 0.350 e. The zero-order chi connectivity index (χ0) is 29.8. The van der Waals surface area contributed by atoms with Crippen molar-refractivity contribution in [2.45, 2.75) is 57.6 Å². The minimum absolute atomic E-state index is 0.00129. The van der Waals surface area contributed by atoms with Crippen molar-refractivity contribution in [2.24, 2.45) is 0 Å². The molecule has 0 heterocycles. The number of nitrogens with one attached hydrogen (secondary N) is 1. The van der Waals surface area contributed by atoms with E-state index < -0.39 is 40.0 Å². The van der Waals surface area contributed by atoms with Gasteiger partial charge in [-0.1, -0.05) is 65.1 Å². The third kappa shape index (κ3) is 7.49. The number of carbonyl (C=O) groups excluding carboxylic acids is 2. The van der Waals surface area contributed by atoms with Gasteiger partial charge in [0.2, 0.25) is 11.8 Å². The number of carbonyl (C=O) groups is 2. The summed E-state index contributed by atoms with van der Waals surface area (Å²) >= 11 is 19.2.